The number of phenols is 1. The lowest BCUT2D eigenvalue weighted by Gasteiger charge is -2.11. The molecule has 1 aliphatic carbocycles. The van der Waals surface area contributed by atoms with Gasteiger partial charge in [0.15, 0.2) is 5.82 Å². The van der Waals surface area contributed by atoms with Gasteiger partial charge in [0.1, 0.15) is 22.7 Å². The SMILES string of the molecule is COc1ccc(O)c(C=NNc2ncnc3sc4c(c23)CCCC4)c1. The predicted octanol–water partition coefficient (Wildman–Crippen LogP) is 3.73. The number of hydrazone groups is 1. The summed E-state index contributed by atoms with van der Waals surface area (Å²) >= 11 is 1.75. The zero-order valence-corrected chi connectivity index (χ0v) is 14.6. The topological polar surface area (TPSA) is 79.6 Å². The van der Waals surface area contributed by atoms with E-state index in [9.17, 15) is 5.11 Å². The summed E-state index contributed by atoms with van der Waals surface area (Å²) in [6, 6.07) is 5.01. The van der Waals surface area contributed by atoms with Crippen LogP contribution in [-0.2, 0) is 12.8 Å². The molecule has 0 atom stereocenters. The van der Waals surface area contributed by atoms with Gasteiger partial charge in [0, 0.05) is 10.4 Å². The molecule has 128 valence electrons. The van der Waals surface area contributed by atoms with Crippen molar-refractivity contribution in [2.45, 2.75) is 25.7 Å². The number of aryl methyl sites for hydroxylation is 2. The molecule has 0 aliphatic heterocycles. The van der Waals surface area contributed by atoms with Crippen LogP contribution in [0.25, 0.3) is 10.2 Å². The molecular formula is C18H18N4O2S. The van der Waals surface area contributed by atoms with Crippen molar-refractivity contribution in [1.82, 2.24) is 9.97 Å². The monoisotopic (exact) mass is 354 g/mol. The Balaban J connectivity index is 1.64. The van der Waals surface area contributed by atoms with Crippen LogP contribution in [0.2, 0.25) is 0 Å². The number of benzene rings is 1. The molecule has 0 unspecified atom stereocenters. The molecule has 1 aromatic carbocycles. The molecular weight excluding hydrogens is 336 g/mol. The number of nitrogens with zero attached hydrogens (tertiary/aromatic N) is 3. The number of hydrogen-bond donors (Lipinski definition) is 2. The fourth-order valence-corrected chi connectivity index (χ4v) is 4.33. The van der Waals surface area contributed by atoms with Crippen LogP contribution < -0.4 is 10.2 Å². The third-order valence-corrected chi connectivity index (χ3v) is 5.56. The molecule has 7 heteroatoms. The molecule has 0 saturated carbocycles. The Hall–Kier alpha value is -2.67. The summed E-state index contributed by atoms with van der Waals surface area (Å²) in [7, 11) is 1.59. The maximum atomic E-state index is 9.93. The van der Waals surface area contributed by atoms with Crippen molar-refractivity contribution in [3.63, 3.8) is 0 Å². The van der Waals surface area contributed by atoms with Gasteiger partial charge in [-0.3, -0.25) is 5.43 Å². The fourth-order valence-electron chi connectivity index (χ4n) is 3.10. The summed E-state index contributed by atoms with van der Waals surface area (Å²) in [5, 5.41) is 15.3. The zero-order valence-electron chi connectivity index (χ0n) is 13.8. The minimum absolute atomic E-state index is 0.145. The van der Waals surface area contributed by atoms with E-state index < -0.39 is 0 Å². The Bertz CT molecular complexity index is 952. The highest BCUT2D eigenvalue weighted by atomic mass is 32.1. The molecule has 0 saturated heterocycles. The Morgan fingerprint density at radius 3 is 3.04 bits per heavy atom. The first-order valence-corrected chi connectivity index (χ1v) is 8.99. The van der Waals surface area contributed by atoms with Crippen molar-refractivity contribution in [3.05, 3.63) is 40.5 Å². The largest absolute Gasteiger partial charge is 0.507 e. The van der Waals surface area contributed by atoms with E-state index in [-0.39, 0.29) is 5.75 Å². The predicted molar refractivity (Wildman–Crippen MR) is 99.9 cm³/mol. The van der Waals surface area contributed by atoms with E-state index in [1.807, 2.05) is 0 Å². The number of aromatic hydroxyl groups is 1. The zero-order chi connectivity index (χ0) is 17.2. The van der Waals surface area contributed by atoms with Gasteiger partial charge in [0.25, 0.3) is 0 Å². The van der Waals surface area contributed by atoms with Crippen molar-refractivity contribution in [2.75, 3.05) is 12.5 Å². The number of fused-ring (bicyclic) bond motifs is 3. The van der Waals surface area contributed by atoms with Crippen LogP contribution in [-0.4, -0.2) is 28.4 Å². The average molecular weight is 354 g/mol. The van der Waals surface area contributed by atoms with Crippen LogP contribution >= 0.6 is 11.3 Å². The van der Waals surface area contributed by atoms with Crippen molar-refractivity contribution in [1.29, 1.82) is 0 Å². The first-order valence-electron chi connectivity index (χ1n) is 8.17. The van der Waals surface area contributed by atoms with Gasteiger partial charge >= 0.3 is 0 Å². The standard InChI is InChI=1S/C18H18N4O2S/c1-24-12-6-7-14(23)11(8-12)9-21-22-17-16-13-4-2-3-5-15(13)25-18(16)20-10-19-17/h6-10,23H,2-5H2,1H3,(H,19,20,22). The normalized spacial score (nSPS) is 14.0. The second-order valence-electron chi connectivity index (χ2n) is 5.91. The van der Waals surface area contributed by atoms with Crippen LogP contribution in [0.1, 0.15) is 28.8 Å². The quantitative estimate of drug-likeness (QED) is 0.551. The van der Waals surface area contributed by atoms with Crippen LogP contribution in [0.4, 0.5) is 5.82 Å². The van der Waals surface area contributed by atoms with E-state index >= 15 is 0 Å². The van der Waals surface area contributed by atoms with Gasteiger partial charge in [0.2, 0.25) is 0 Å². The third-order valence-electron chi connectivity index (χ3n) is 4.36. The Morgan fingerprint density at radius 2 is 2.16 bits per heavy atom. The summed E-state index contributed by atoms with van der Waals surface area (Å²) in [6.45, 7) is 0. The van der Waals surface area contributed by atoms with E-state index in [1.165, 1.54) is 23.3 Å². The molecule has 4 rings (SSSR count). The molecule has 2 N–H and O–H groups in total. The first-order chi connectivity index (χ1) is 12.3. The highest BCUT2D eigenvalue weighted by molar-refractivity contribution is 7.19. The molecule has 25 heavy (non-hydrogen) atoms. The number of rotatable bonds is 4. The van der Waals surface area contributed by atoms with Gasteiger partial charge in [0.05, 0.1) is 18.7 Å². The Labute approximate surface area is 149 Å². The minimum Gasteiger partial charge on any atom is -0.507 e. The molecule has 1 aliphatic rings. The van der Waals surface area contributed by atoms with Crippen molar-refractivity contribution in [2.24, 2.45) is 5.10 Å². The lowest BCUT2D eigenvalue weighted by molar-refractivity contribution is 0.412. The number of phenolic OH excluding ortho intramolecular Hbond substituents is 1. The van der Waals surface area contributed by atoms with E-state index in [0.717, 1.165) is 23.1 Å². The fraction of sp³-hybridized carbons (Fsp3) is 0.278. The smallest absolute Gasteiger partial charge is 0.158 e. The molecule has 0 bridgehead atoms. The van der Waals surface area contributed by atoms with Crippen molar-refractivity contribution < 1.29 is 9.84 Å². The number of hydrogen-bond acceptors (Lipinski definition) is 7. The van der Waals surface area contributed by atoms with Crippen molar-refractivity contribution >= 4 is 33.6 Å². The van der Waals surface area contributed by atoms with Crippen LogP contribution in [0, 0.1) is 0 Å². The molecule has 0 spiro atoms. The summed E-state index contributed by atoms with van der Waals surface area (Å²) in [5.41, 5.74) is 4.94. The highest BCUT2D eigenvalue weighted by Crippen LogP contribution is 2.38. The molecule has 2 aromatic heterocycles. The molecule has 6 nitrogen and oxygen atoms in total. The summed E-state index contributed by atoms with van der Waals surface area (Å²) in [5.74, 6) is 1.52. The van der Waals surface area contributed by atoms with Crippen LogP contribution in [0.3, 0.4) is 0 Å². The minimum atomic E-state index is 0.145. The number of thiophene rings is 1. The van der Waals surface area contributed by atoms with Gasteiger partial charge in [-0.1, -0.05) is 0 Å². The summed E-state index contributed by atoms with van der Waals surface area (Å²) in [6.07, 6.45) is 7.75. The molecule has 0 fully saturated rings. The van der Waals surface area contributed by atoms with E-state index in [4.69, 9.17) is 4.74 Å². The van der Waals surface area contributed by atoms with E-state index in [0.29, 0.717) is 17.1 Å². The molecule has 0 amide bonds. The lowest BCUT2D eigenvalue weighted by atomic mass is 9.97. The Kier molecular flexibility index (Phi) is 4.23. The number of ether oxygens (including phenoxy) is 1. The van der Waals surface area contributed by atoms with E-state index in [2.05, 4.69) is 20.5 Å². The molecule has 3 aromatic rings. The molecule has 0 radical (unpaired) electrons. The third kappa shape index (κ3) is 3.02. The summed E-state index contributed by atoms with van der Waals surface area (Å²) < 4.78 is 5.17. The van der Waals surface area contributed by atoms with Gasteiger partial charge in [-0.25, -0.2) is 9.97 Å². The average Bonchev–Trinajstić information content (AvgIpc) is 3.02. The van der Waals surface area contributed by atoms with E-state index in [1.54, 1.807) is 49.2 Å². The number of nitrogens with one attached hydrogen (secondary N) is 1. The van der Waals surface area contributed by atoms with Crippen molar-refractivity contribution in [3.8, 4) is 11.5 Å². The first kappa shape index (κ1) is 15.8. The van der Waals surface area contributed by atoms with Crippen LogP contribution in [0.15, 0.2) is 29.6 Å². The maximum absolute atomic E-state index is 9.93. The number of aromatic nitrogens is 2. The molecule has 2 heterocycles. The highest BCUT2D eigenvalue weighted by Gasteiger charge is 2.19. The number of methoxy groups -OCH3 is 1. The lowest BCUT2D eigenvalue weighted by Crippen LogP contribution is -2.01. The van der Waals surface area contributed by atoms with Gasteiger partial charge < -0.3 is 9.84 Å². The Morgan fingerprint density at radius 1 is 1.28 bits per heavy atom. The second kappa shape index (κ2) is 6.68. The second-order valence-corrected chi connectivity index (χ2v) is 6.99. The van der Waals surface area contributed by atoms with Gasteiger partial charge in [-0.05, 0) is 49.4 Å². The van der Waals surface area contributed by atoms with Gasteiger partial charge in [-0.2, -0.15) is 5.10 Å². The van der Waals surface area contributed by atoms with Gasteiger partial charge in [-0.15, -0.1) is 11.3 Å². The number of anilines is 1. The maximum Gasteiger partial charge on any atom is 0.158 e. The van der Waals surface area contributed by atoms with Crippen LogP contribution in [0.5, 0.6) is 11.5 Å². The summed E-state index contributed by atoms with van der Waals surface area (Å²) in [4.78, 5) is 11.2.